The summed E-state index contributed by atoms with van der Waals surface area (Å²) >= 11 is 0.912. The van der Waals surface area contributed by atoms with E-state index in [1.165, 1.54) is 10.4 Å². The first-order valence-corrected chi connectivity index (χ1v) is 7.88. The number of terminal acetylenes is 1. The Morgan fingerprint density at radius 3 is 2.56 bits per heavy atom. The van der Waals surface area contributed by atoms with Crippen LogP contribution in [0.25, 0.3) is 0 Å². The van der Waals surface area contributed by atoms with Gasteiger partial charge in [0.2, 0.25) is 0 Å². The summed E-state index contributed by atoms with van der Waals surface area (Å²) in [5, 5.41) is 9.64. The molecule has 0 radical (unpaired) electrons. The minimum Gasteiger partial charge on any atom is -0.444 e. The maximum absolute atomic E-state index is 12.3. The minimum absolute atomic E-state index is 0.00961. The zero-order valence-corrected chi connectivity index (χ0v) is 13.8. The van der Waals surface area contributed by atoms with Crippen molar-refractivity contribution < 1.29 is 19.5 Å². The number of nitrogens with zero attached hydrogens (tertiary/aromatic N) is 2. The molecule has 0 aromatic heterocycles. The number of ether oxygens (including phenoxy) is 1. The molecule has 2 rings (SSSR count). The van der Waals surface area contributed by atoms with Gasteiger partial charge in [0.05, 0.1) is 11.4 Å². The molecular weight excluding hydrogens is 344 g/mol. The Kier molecular flexibility index (Phi) is 6.68. The van der Waals surface area contributed by atoms with E-state index in [0.717, 1.165) is 17.5 Å². The molecule has 0 unspecified atom stereocenters. The van der Waals surface area contributed by atoms with Gasteiger partial charge in [0.1, 0.15) is 12.4 Å². The van der Waals surface area contributed by atoms with Crippen LogP contribution >= 0.6 is 11.9 Å². The highest BCUT2D eigenvalue weighted by molar-refractivity contribution is 7.97. The van der Waals surface area contributed by atoms with Crippen molar-refractivity contribution in [2.45, 2.75) is 11.5 Å². The molecule has 0 atom stereocenters. The lowest BCUT2D eigenvalue weighted by Crippen LogP contribution is -2.25. The summed E-state index contributed by atoms with van der Waals surface area (Å²) < 4.78 is 6.42. The molecule has 0 fully saturated rings. The highest BCUT2D eigenvalue weighted by Gasteiger charge is 2.18. The van der Waals surface area contributed by atoms with Gasteiger partial charge < -0.3 is 4.74 Å². The average Bonchev–Trinajstić information content (AvgIpc) is 2.61. The van der Waals surface area contributed by atoms with Gasteiger partial charge in [0.15, 0.2) is 0 Å². The number of rotatable bonds is 7. The molecule has 0 saturated heterocycles. The molecular formula is C17H14N2O5S. The van der Waals surface area contributed by atoms with Gasteiger partial charge in [-0.15, -0.1) is 16.5 Å². The number of para-hydroxylation sites is 1. The van der Waals surface area contributed by atoms with Crippen molar-refractivity contribution in [1.29, 1.82) is 0 Å². The fraction of sp³-hybridized carbons (Fsp3) is 0.118. The van der Waals surface area contributed by atoms with Crippen molar-refractivity contribution >= 4 is 18.0 Å². The minimum atomic E-state index is -0.918. The summed E-state index contributed by atoms with van der Waals surface area (Å²) in [7, 11) is 0. The van der Waals surface area contributed by atoms with Crippen molar-refractivity contribution in [3.63, 3.8) is 0 Å². The Morgan fingerprint density at radius 1 is 1.20 bits per heavy atom. The lowest BCUT2D eigenvalue weighted by Gasteiger charge is -2.19. The van der Waals surface area contributed by atoms with Crippen LogP contribution in [-0.4, -0.2) is 22.0 Å². The second-order valence-corrected chi connectivity index (χ2v) is 5.70. The predicted molar refractivity (Wildman–Crippen MR) is 92.1 cm³/mol. The van der Waals surface area contributed by atoms with Gasteiger partial charge in [-0.05, 0) is 29.6 Å². The third kappa shape index (κ3) is 5.75. The SMILES string of the molecule is C#CCN(Sc1ccccc1O[N+](=O)[O-])C(=O)OCc1ccccc1. The molecule has 0 aliphatic carbocycles. The molecule has 7 nitrogen and oxygen atoms in total. The zero-order valence-electron chi connectivity index (χ0n) is 13.0. The highest BCUT2D eigenvalue weighted by atomic mass is 32.2. The van der Waals surface area contributed by atoms with Crippen molar-refractivity contribution in [1.82, 2.24) is 4.31 Å². The number of hydrogen-bond acceptors (Lipinski definition) is 6. The summed E-state index contributed by atoms with van der Waals surface area (Å²) in [5.74, 6) is 2.37. The number of carbonyl (C=O) groups is 1. The van der Waals surface area contributed by atoms with Crippen molar-refractivity contribution in [2.75, 3.05) is 6.54 Å². The van der Waals surface area contributed by atoms with E-state index in [1.807, 2.05) is 30.3 Å². The fourth-order valence-electron chi connectivity index (χ4n) is 1.81. The molecule has 1 amide bonds. The molecule has 0 aliphatic heterocycles. The quantitative estimate of drug-likeness (QED) is 0.326. The fourth-order valence-corrected chi connectivity index (χ4v) is 2.65. The average molecular weight is 358 g/mol. The van der Waals surface area contributed by atoms with E-state index in [1.54, 1.807) is 18.2 Å². The summed E-state index contributed by atoms with van der Waals surface area (Å²) in [4.78, 5) is 27.7. The summed E-state index contributed by atoms with van der Waals surface area (Å²) in [6.45, 7) is 0.0550. The second-order valence-electron chi connectivity index (χ2n) is 4.63. The van der Waals surface area contributed by atoms with Gasteiger partial charge in [0.25, 0.3) is 5.09 Å². The van der Waals surface area contributed by atoms with Gasteiger partial charge in [0, 0.05) is 0 Å². The highest BCUT2D eigenvalue weighted by Crippen LogP contribution is 2.32. The first-order valence-electron chi connectivity index (χ1n) is 7.11. The molecule has 0 heterocycles. The largest absolute Gasteiger partial charge is 0.444 e. The van der Waals surface area contributed by atoms with E-state index in [0.29, 0.717) is 4.90 Å². The third-order valence-corrected chi connectivity index (χ3v) is 3.91. The summed E-state index contributed by atoms with van der Waals surface area (Å²) in [6.07, 6.45) is 4.64. The lowest BCUT2D eigenvalue weighted by atomic mass is 10.2. The van der Waals surface area contributed by atoms with E-state index in [9.17, 15) is 14.9 Å². The summed E-state index contributed by atoms with van der Waals surface area (Å²) in [5.41, 5.74) is 0.832. The molecule has 0 N–H and O–H groups in total. The Morgan fingerprint density at radius 2 is 1.88 bits per heavy atom. The van der Waals surface area contributed by atoms with Gasteiger partial charge in [-0.25, -0.2) is 9.10 Å². The van der Waals surface area contributed by atoms with Crippen LogP contribution in [0.1, 0.15) is 5.56 Å². The van der Waals surface area contributed by atoms with Crippen LogP contribution in [0.5, 0.6) is 5.75 Å². The first-order chi connectivity index (χ1) is 12.1. The Labute approximate surface area is 148 Å². The van der Waals surface area contributed by atoms with Crippen molar-refractivity contribution in [2.24, 2.45) is 0 Å². The Balaban J connectivity index is 2.06. The smallest absolute Gasteiger partial charge is 0.421 e. The topological polar surface area (TPSA) is 81.9 Å². The van der Waals surface area contributed by atoms with Gasteiger partial charge in [-0.3, -0.25) is 4.84 Å². The van der Waals surface area contributed by atoms with Gasteiger partial charge >= 0.3 is 6.09 Å². The first kappa shape index (κ1) is 18.2. The molecule has 2 aromatic carbocycles. The van der Waals surface area contributed by atoms with Crippen LogP contribution in [-0.2, 0) is 11.3 Å². The van der Waals surface area contributed by atoms with Crippen LogP contribution in [0.15, 0.2) is 59.5 Å². The van der Waals surface area contributed by atoms with Gasteiger partial charge in [-0.2, -0.15) is 0 Å². The Bertz CT molecular complexity index is 776. The van der Waals surface area contributed by atoms with Gasteiger partial charge in [-0.1, -0.05) is 48.4 Å². The van der Waals surface area contributed by atoms with E-state index in [4.69, 9.17) is 11.2 Å². The van der Waals surface area contributed by atoms with Crippen LogP contribution in [0, 0.1) is 22.5 Å². The number of hydrogen-bond donors (Lipinski definition) is 0. The lowest BCUT2D eigenvalue weighted by molar-refractivity contribution is -0.711. The maximum Gasteiger partial charge on any atom is 0.421 e. The standard InChI is InChI=1S/C17H14N2O5S/c1-2-12-18(17(20)23-13-14-8-4-3-5-9-14)25-16-11-7-6-10-15(16)24-19(21)22/h1,3-11H,12-13H2. The molecule has 128 valence electrons. The molecule has 25 heavy (non-hydrogen) atoms. The normalized spacial score (nSPS) is 9.72. The molecule has 0 bridgehead atoms. The molecule has 0 spiro atoms. The monoisotopic (exact) mass is 358 g/mol. The Hall–Kier alpha value is -3.18. The van der Waals surface area contributed by atoms with E-state index < -0.39 is 11.2 Å². The number of carbonyl (C=O) groups excluding carboxylic acids is 1. The third-order valence-electron chi connectivity index (χ3n) is 2.87. The summed E-state index contributed by atoms with van der Waals surface area (Å²) in [6, 6.07) is 15.4. The maximum atomic E-state index is 12.3. The predicted octanol–water partition coefficient (Wildman–Crippen LogP) is 3.54. The van der Waals surface area contributed by atoms with E-state index in [-0.39, 0.29) is 18.9 Å². The van der Waals surface area contributed by atoms with Crippen LogP contribution < -0.4 is 4.84 Å². The molecule has 0 aliphatic rings. The van der Waals surface area contributed by atoms with Crippen LogP contribution in [0.4, 0.5) is 4.79 Å². The van der Waals surface area contributed by atoms with Crippen molar-refractivity contribution in [3.8, 4) is 18.1 Å². The van der Waals surface area contributed by atoms with E-state index in [2.05, 4.69) is 10.8 Å². The number of benzene rings is 2. The second kappa shape index (κ2) is 9.20. The van der Waals surface area contributed by atoms with Crippen LogP contribution in [0.2, 0.25) is 0 Å². The van der Waals surface area contributed by atoms with Crippen molar-refractivity contribution in [3.05, 3.63) is 70.3 Å². The zero-order chi connectivity index (χ0) is 18.1. The molecule has 0 saturated carbocycles. The molecule has 2 aromatic rings. The van der Waals surface area contributed by atoms with Crippen LogP contribution in [0.3, 0.4) is 0 Å². The van der Waals surface area contributed by atoms with E-state index >= 15 is 0 Å². The molecule has 8 heteroatoms. The number of amides is 1.